The molecule has 2 aromatic carbocycles. The number of ether oxygens (including phenoxy) is 1. The molecule has 5 aromatic rings. The fourth-order valence-electron chi connectivity index (χ4n) is 4.28. The number of aromatic nitrogens is 5. The summed E-state index contributed by atoms with van der Waals surface area (Å²) in [4.78, 5) is 29.9. The van der Waals surface area contributed by atoms with E-state index in [4.69, 9.17) is 4.74 Å². The fourth-order valence-corrected chi connectivity index (χ4v) is 4.28. The van der Waals surface area contributed by atoms with Crippen LogP contribution in [0.15, 0.2) is 65.8 Å². The van der Waals surface area contributed by atoms with E-state index in [1.54, 1.807) is 22.4 Å². The molecule has 0 aliphatic rings. The van der Waals surface area contributed by atoms with E-state index in [1.165, 1.54) is 4.57 Å². The van der Waals surface area contributed by atoms with Crippen molar-refractivity contribution in [1.82, 2.24) is 23.9 Å². The minimum absolute atomic E-state index is 0.133. The zero-order valence-electron chi connectivity index (χ0n) is 18.6. The molecule has 5 rings (SSSR count). The van der Waals surface area contributed by atoms with E-state index >= 15 is 0 Å². The number of imidazole rings is 1. The zero-order valence-corrected chi connectivity index (χ0v) is 18.6. The van der Waals surface area contributed by atoms with Crippen LogP contribution >= 0.6 is 0 Å². The minimum atomic E-state index is -0.437. The molecule has 0 saturated carbocycles. The number of hydrogen-bond acceptors (Lipinski definition) is 5. The average molecular weight is 441 g/mol. The van der Waals surface area contributed by atoms with Gasteiger partial charge < -0.3 is 4.74 Å². The topological polar surface area (TPSA) is 83.9 Å². The number of para-hydroxylation sites is 1. The van der Waals surface area contributed by atoms with Crippen molar-refractivity contribution < 1.29 is 9.53 Å². The monoisotopic (exact) mass is 441 g/mol. The van der Waals surface area contributed by atoms with Crippen molar-refractivity contribution in [3.63, 3.8) is 0 Å². The fraction of sp³-hybridized carbons (Fsp3) is 0.200. The molecule has 33 heavy (non-hydrogen) atoms. The highest BCUT2D eigenvalue weighted by atomic mass is 16.5. The van der Waals surface area contributed by atoms with Crippen molar-refractivity contribution in [3.05, 3.63) is 77.1 Å². The number of fused-ring (bicyclic) bond motifs is 2. The third-order valence-corrected chi connectivity index (χ3v) is 5.86. The number of nitrogens with zero attached hydrogens (tertiary/aromatic N) is 5. The van der Waals surface area contributed by atoms with Gasteiger partial charge in [0.15, 0.2) is 0 Å². The Morgan fingerprint density at radius 2 is 1.82 bits per heavy atom. The summed E-state index contributed by atoms with van der Waals surface area (Å²) in [6, 6.07) is 13.4. The van der Waals surface area contributed by atoms with E-state index in [-0.39, 0.29) is 18.8 Å². The Balaban J connectivity index is 1.63. The van der Waals surface area contributed by atoms with E-state index in [2.05, 4.69) is 10.1 Å². The smallest absolute Gasteiger partial charge is 0.334 e. The molecule has 0 bridgehead atoms. The van der Waals surface area contributed by atoms with E-state index in [0.29, 0.717) is 5.52 Å². The van der Waals surface area contributed by atoms with Gasteiger partial charge in [-0.3, -0.25) is 23.6 Å². The third kappa shape index (κ3) is 3.40. The number of carbonyl (C=O) groups excluding carboxylic acids is 1. The van der Waals surface area contributed by atoms with Crippen LogP contribution in [0.4, 0.5) is 0 Å². The number of pyridine rings is 1. The Morgan fingerprint density at radius 1 is 1.03 bits per heavy atom. The Kier molecular flexibility index (Phi) is 5.05. The number of carbonyl (C=O) groups is 1. The lowest BCUT2D eigenvalue weighted by atomic mass is 10.0. The molecule has 0 N–H and O–H groups in total. The maximum absolute atomic E-state index is 13.4. The van der Waals surface area contributed by atoms with E-state index in [9.17, 15) is 9.59 Å². The molecule has 0 unspecified atom stereocenters. The molecule has 0 atom stereocenters. The normalized spacial score (nSPS) is 11.4. The maximum Gasteiger partial charge on any atom is 0.334 e. The lowest BCUT2D eigenvalue weighted by Gasteiger charge is -2.08. The molecule has 0 radical (unpaired) electrons. The van der Waals surface area contributed by atoms with Crippen LogP contribution in [0.25, 0.3) is 38.8 Å². The summed E-state index contributed by atoms with van der Waals surface area (Å²) in [7, 11) is 1.89. The second kappa shape index (κ2) is 8.05. The first-order valence-electron chi connectivity index (χ1n) is 10.7. The molecule has 0 aliphatic heterocycles. The molecule has 0 amide bonds. The van der Waals surface area contributed by atoms with Gasteiger partial charge in [0.05, 0.1) is 41.2 Å². The first-order chi connectivity index (χ1) is 16.0. The largest absolute Gasteiger partial charge is 0.465 e. The number of aryl methyl sites for hydroxylation is 2. The van der Waals surface area contributed by atoms with Crippen LogP contribution in [0.2, 0.25) is 0 Å². The van der Waals surface area contributed by atoms with Crippen molar-refractivity contribution >= 4 is 27.9 Å². The third-order valence-electron chi connectivity index (χ3n) is 5.86. The summed E-state index contributed by atoms with van der Waals surface area (Å²) in [6.45, 7) is 3.84. The number of esters is 1. The molecule has 0 fully saturated rings. The summed E-state index contributed by atoms with van der Waals surface area (Å²) in [6.07, 6.45) is 5.44. The molecular formula is C25H23N5O3. The Hall–Kier alpha value is -4.20. The summed E-state index contributed by atoms with van der Waals surface area (Å²) < 4.78 is 9.98. The second-order valence-corrected chi connectivity index (χ2v) is 7.89. The highest BCUT2D eigenvalue weighted by Gasteiger charge is 2.19. The van der Waals surface area contributed by atoms with Gasteiger partial charge in [-0.2, -0.15) is 5.10 Å². The van der Waals surface area contributed by atoms with Crippen LogP contribution in [-0.4, -0.2) is 36.5 Å². The zero-order chi connectivity index (χ0) is 23.1. The number of benzene rings is 2. The highest BCUT2D eigenvalue weighted by Crippen LogP contribution is 2.29. The molecule has 8 nitrogen and oxygen atoms in total. The van der Waals surface area contributed by atoms with Crippen molar-refractivity contribution in [2.45, 2.75) is 20.4 Å². The average Bonchev–Trinajstić information content (AvgIpc) is 3.33. The SMILES string of the molecule is CCOC(=O)Cn1c(=O)n(-c2ccc(-c3cncc4c3cnn4C)cc2)c2c(C)cccc21. The van der Waals surface area contributed by atoms with Crippen molar-refractivity contribution in [3.8, 4) is 16.8 Å². The molecule has 0 spiro atoms. The van der Waals surface area contributed by atoms with Gasteiger partial charge in [0.1, 0.15) is 6.54 Å². The van der Waals surface area contributed by atoms with E-state index in [0.717, 1.165) is 38.8 Å². The van der Waals surface area contributed by atoms with Crippen molar-refractivity contribution in [1.29, 1.82) is 0 Å². The van der Waals surface area contributed by atoms with Gasteiger partial charge in [-0.25, -0.2) is 4.79 Å². The minimum Gasteiger partial charge on any atom is -0.465 e. The van der Waals surface area contributed by atoms with Crippen LogP contribution < -0.4 is 5.69 Å². The first-order valence-corrected chi connectivity index (χ1v) is 10.7. The van der Waals surface area contributed by atoms with Crippen LogP contribution in [0, 0.1) is 6.92 Å². The predicted octanol–water partition coefficient (Wildman–Crippen LogP) is 3.61. The lowest BCUT2D eigenvalue weighted by molar-refractivity contribution is -0.143. The van der Waals surface area contributed by atoms with Crippen LogP contribution in [-0.2, 0) is 23.1 Å². The van der Waals surface area contributed by atoms with E-state index in [1.807, 2.05) is 68.8 Å². The molecule has 166 valence electrons. The van der Waals surface area contributed by atoms with Gasteiger partial charge in [-0.15, -0.1) is 0 Å². The summed E-state index contributed by atoms with van der Waals surface area (Å²) in [5.74, 6) is -0.437. The maximum atomic E-state index is 13.4. The molecule has 3 aromatic heterocycles. The lowest BCUT2D eigenvalue weighted by Crippen LogP contribution is -2.27. The van der Waals surface area contributed by atoms with Gasteiger partial charge >= 0.3 is 11.7 Å². The van der Waals surface area contributed by atoms with Crippen LogP contribution in [0.1, 0.15) is 12.5 Å². The summed E-state index contributed by atoms with van der Waals surface area (Å²) >= 11 is 0. The van der Waals surface area contributed by atoms with E-state index < -0.39 is 5.97 Å². The number of rotatable bonds is 5. The molecule has 8 heteroatoms. The standard InChI is InChI=1S/C25H23N5O3/c1-4-33-23(31)15-29-21-7-5-6-16(2)24(21)30(25(29)32)18-10-8-17(9-11-18)19-12-26-14-22-20(19)13-27-28(22)3/h5-14H,4,15H2,1-3H3. The van der Waals surface area contributed by atoms with Gasteiger partial charge in [-0.1, -0.05) is 24.3 Å². The Bertz CT molecular complexity index is 1560. The van der Waals surface area contributed by atoms with Crippen molar-refractivity contribution in [2.75, 3.05) is 6.61 Å². The van der Waals surface area contributed by atoms with Gasteiger partial charge in [0.25, 0.3) is 0 Å². The Labute approximate surface area is 189 Å². The predicted molar refractivity (Wildman–Crippen MR) is 126 cm³/mol. The van der Waals surface area contributed by atoms with Crippen LogP contribution in [0.3, 0.4) is 0 Å². The molecule has 0 saturated heterocycles. The number of hydrogen-bond donors (Lipinski definition) is 0. The highest BCUT2D eigenvalue weighted by molar-refractivity contribution is 5.93. The quantitative estimate of drug-likeness (QED) is 0.389. The summed E-state index contributed by atoms with van der Waals surface area (Å²) in [5.41, 5.74) is 5.75. The molecular weight excluding hydrogens is 418 g/mol. The van der Waals surface area contributed by atoms with Crippen LogP contribution in [0.5, 0.6) is 0 Å². The van der Waals surface area contributed by atoms with Gasteiger partial charge in [0.2, 0.25) is 0 Å². The Morgan fingerprint density at radius 3 is 2.58 bits per heavy atom. The second-order valence-electron chi connectivity index (χ2n) is 7.89. The summed E-state index contributed by atoms with van der Waals surface area (Å²) in [5, 5.41) is 5.35. The van der Waals surface area contributed by atoms with Gasteiger partial charge in [-0.05, 0) is 43.2 Å². The molecule has 3 heterocycles. The van der Waals surface area contributed by atoms with Crippen molar-refractivity contribution in [2.24, 2.45) is 7.05 Å². The first kappa shape index (κ1) is 20.7. The molecule has 0 aliphatic carbocycles. The van der Waals surface area contributed by atoms with Gasteiger partial charge in [0, 0.05) is 24.2 Å².